The second-order valence-corrected chi connectivity index (χ2v) is 8.67. The average Bonchev–Trinajstić information content (AvgIpc) is 2.88. The van der Waals surface area contributed by atoms with Crippen LogP contribution in [0.2, 0.25) is 0 Å². The van der Waals surface area contributed by atoms with Gasteiger partial charge in [0.2, 0.25) is 0 Å². The number of fused-ring (bicyclic) bond motifs is 1. The second-order valence-electron chi connectivity index (χ2n) is 6.76. The van der Waals surface area contributed by atoms with Crippen LogP contribution >= 0.6 is 27.3 Å². The quantitative estimate of drug-likeness (QED) is 0.817. The number of carbonyl (C=O) groups is 2. The summed E-state index contributed by atoms with van der Waals surface area (Å²) in [5.74, 6) is -0.505. The summed E-state index contributed by atoms with van der Waals surface area (Å²) >= 11 is 4.87. The number of H-pyrrole nitrogens is 1. The third-order valence-electron chi connectivity index (χ3n) is 4.01. The fraction of sp³-hybridized carbons (Fsp3) is 0.353. The minimum Gasteiger partial charge on any atom is -0.347 e. The predicted octanol–water partition coefficient (Wildman–Crippen LogP) is 3.28. The predicted molar refractivity (Wildman–Crippen MR) is 96.7 cm³/mol. The lowest BCUT2D eigenvalue weighted by molar-refractivity contribution is 0.0910. The molecule has 3 rings (SSSR count). The van der Waals surface area contributed by atoms with E-state index in [0.717, 1.165) is 9.35 Å². The zero-order chi connectivity index (χ0) is 17.5. The fourth-order valence-corrected chi connectivity index (χ4v) is 4.30. The second kappa shape index (κ2) is 6.29. The third kappa shape index (κ3) is 3.52. The summed E-state index contributed by atoms with van der Waals surface area (Å²) in [4.78, 5) is 40.6. The lowest BCUT2D eigenvalue weighted by Crippen LogP contribution is -2.34. The molecule has 1 aliphatic rings. The number of Topliss-reactive ketones (excluding diaryl/α,β-unsaturated/α-hetero) is 1. The smallest absolute Gasteiger partial charge is 0.261 e. The van der Waals surface area contributed by atoms with Crippen LogP contribution in [0.5, 0.6) is 0 Å². The van der Waals surface area contributed by atoms with Crippen LogP contribution in [-0.4, -0.2) is 16.7 Å². The fourth-order valence-electron chi connectivity index (χ4n) is 2.91. The van der Waals surface area contributed by atoms with E-state index in [9.17, 15) is 14.4 Å². The van der Waals surface area contributed by atoms with Crippen LogP contribution in [-0.2, 0) is 13.0 Å². The van der Waals surface area contributed by atoms with Crippen molar-refractivity contribution in [1.29, 1.82) is 0 Å². The first-order valence-corrected chi connectivity index (χ1v) is 9.23. The molecule has 0 radical (unpaired) electrons. The Morgan fingerprint density at radius 1 is 1.33 bits per heavy atom. The zero-order valence-corrected chi connectivity index (χ0v) is 15.8. The van der Waals surface area contributed by atoms with E-state index in [1.807, 2.05) is 25.3 Å². The van der Waals surface area contributed by atoms with Gasteiger partial charge in [0.1, 0.15) is 5.56 Å². The van der Waals surface area contributed by atoms with Gasteiger partial charge in [0, 0.05) is 32.4 Å². The normalized spacial score (nSPS) is 15.9. The Bertz CT molecular complexity index is 882. The molecule has 24 heavy (non-hydrogen) atoms. The van der Waals surface area contributed by atoms with Crippen molar-refractivity contribution in [1.82, 2.24) is 10.3 Å². The van der Waals surface area contributed by atoms with E-state index in [1.54, 1.807) is 0 Å². The SMILES string of the molecule is CC1(C)CC(=O)c2cc(C(=O)NCc3cc(Br)cs3)c(=O)[nH]c2C1. The number of ketones is 1. The Morgan fingerprint density at radius 3 is 2.75 bits per heavy atom. The van der Waals surface area contributed by atoms with Crippen molar-refractivity contribution in [3.63, 3.8) is 0 Å². The number of halogens is 1. The Balaban J connectivity index is 1.84. The molecule has 126 valence electrons. The maximum Gasteiger partial charge on any atom is 0.261 e. The highest BCUT2D eigenvalue weighted by Gasteiger charge is 2.32. The molecular formula is C17H17BrN2O3S. The molecule has 0 aromatic carbocycles. The number of thiophene rings is 1. The molecule has 2 aromatic rings. The summed E-state index contributed by atoms with van der Waals surface area (Å²) in [7, 11) is 0. The van der Waals surface area contributed by atoms with Crippen LogP contribution in [0, 0.1) is 5.41 Å². The number of amides is 1. The number of nitrogens with one attached hydrogen (secondary N) is 2. The molecule has 2 heterocycles. The van der Waals surface area contributed by atoms with E-state index < -0.39 is 11.5 Å². The zero-order valence-electron chi connectivity index (χ0n) is 13.4. The van der Waals surface area contributed by atoms with Crippen LogP contribution in [0.15, 0.2) is 26.8 Å². The molecule has 2 N–H and O–H groups in total. The Hall–Kier alpha value is -1.73. The minimum absolute atomic E-state index is 0.0163. The summed E-state index contributed by atoms with van der Waals surface area (Å²) < 4.78 is 0.955. The lowest BCUT2D eigenvalue weighted by atomic mass is 9.75. The largest absolute Gasteiger partial charge is 0.347 e. The summed E-state index contributed by atoms with van der Waals surface area (Å²) in [6.07, 6.45) is 1.03. The third-order valence-corrected chi connectivity index (χ3v) is 5.70. The van der Waals surface area contributed by atoms with Crippen LogP contribution in [0.4, 0.5) is 0 Å². The summed E-state index contributed by atoms with van der Waals surface area (Å²) in [6.45, 7) is 4.32. The molecule has 0 fully saturated rings. The monoisotopic (exact) mass is 408 g/mol. The first kappa shape index (κ1) is 17.1. The van der Waals surface area contributed by atoms with E-state index in [2.05, 4.69) is 26.2 Å². The number of pyridine rings is 1. The topological polar surface area (TPSA) is 79.0 Å². The first-order valence-electron chi connectivity index (χ1n) is 7.56. The van der Waals surface area contributed by atoms with E-state index in [-0.39, 0.29) is 16.8 Å². The molecule has 0 aliphatic heterocycles. The number of aromatic amines is 1. The van der Waals surface area contributed by atoms with Crippen LogP contribution < -0.4 is 10.9 Å². The molecule has 0 spiro atoms. The molecule has 5 nitrogen and oxygen atoms in total. The van der Waals surface area contributed by atoms with Crippen molar-refractivity contribution in [2.24, 2.45) is 5.41 Å². The molecule has 0 atom stereocenters. The molecule has 0 saturated carbocycles. The Morgan fingerprint density at radius 2 is 2.08 bits per heavy atom. The molecule has 0 unspecified atom stereocenters. The number of carbonyl (C=O) groups excluding carboxylic acids is 2. The molecule has 7 heteroatoms. The Kier molecular flexibility index (Phi) is 4.48. The minimum atomic E-state index is -0.471. The van der Waals surface area contributed by atoms with Crippen molar-refractivity contribution in [2.45, 2.75) is 33.2 Å². The van der Waals surface area contributed by atoms with Gasteiger partial charge in [-0.3, -0.25) is 14.4 Å². The van der Waals surface area contributed by atoms with Crippen molar-refractivity contribution < 1.29 is 9.59 Å². The summed E-state index contributed by atoms with van der Waals surface area (Å²) in [5, 5.41) is 4.65. The number of aromatic nitrogens is 1. The van der Waals surface area contributed by atoms with Gasteiger partial charge in [0.25, 0.3) is 11.5 Å². The van der Waals surface area contributed by atoms with E-state index in [0.29, 0.717) is 30.6 Å². The van der Waals surface area contributed by atoms with Gasteiger partial charge in [0.15, 0.2) is 5.78 Å². The average molecular weight is 409 g/mol. The number of hydrogen-bond acceptors (Lipinski definition) is 4. The maximum absolute atomic E-state index is 12.3. The highest BCUT2D eigenvalue weighted by atomic mass is 79.9. The molecule has 0 saturated heterocycles. The van der Waals surface area contributed by atoms with Gasteiger partial charge in [-0.25, -0.2) is 0 Å². The summed E-state index contributed by atoms with van der Waals surface area (Å²) in [6, 6.07) is 3.35. The van der Waals surface area contributed by atoms with Gasteiger partial charge in [-0.15, -0.1) is 11.3 Å². The van der Waals surface area contributed by atoms with E-state index in [1.165, 1.54) is 17.4 Å². The molecular weight excluding hydrogens is 392 g/mol. The maximum atomic E-state index is 12.3. The van der Waals surface area contributed by atoms with E-state index in [4.69, 9.17) is 0 Å². The van der Waals surface area contributed by atoms with E-state index >= 15 is 0 Å². The summed E-state index contributed by atoms with van der Waals surface area (Å²) in [5.41, 5.74) is 0.433. The lowest BCUT2D eigenvalue weighted by Gasteiger charge is -2.29. The Labute approximate surface area is 151 Å². The van der Waals surface area contributed by atoms with Gasteiger partial charge in [-0.05, 0) is 39.9 Å². The standard InChI is InChI=1S/C17H17BrN2O3S/c1-17(2)5-13-11(14(21)6-17)4-12(16(23)20-13)15(22)19-7-10-3-9(18)8-24-10/h3-4,8H,5-7H2,1-2H3,(H,19,22)(H,20,23). The molecule has 1 aliphatic carbocycles. The molecule has 1 amide bonds. The van der Waals surface area contributed by atoms with Crippen molar-refractivity contribution >= 4 is 39.0 Å². The van der Waals surface area contributed by atoms with Gasteiger partial charge in [-0.1, -0.05) is 13.8 Å². The number of hydrogen-bond donors (Lipinski definition) is 2. The molecule has 2 aromatic heterocycles. The number of rotatable bonds is 3. The first-order chi connectivity index (χ1) is 11.2. The van der Waals surface area contributed by atoms with Crippen LogP contribution in [0.25, 0.3) is 0 Å². The molecule has 0 bridgehead atoms. The van der Waals surface area contributed by atoms with Crippen LogP contribution in [0.3, 0.4) is 0 Å². The van der Waals surface area contributed by atoms with Gasteiger partial charge >= 0.3 is 0 Å². The highest BCUT2D eigenvalue weighted by molar-refractivity contribution is 9.10. The van der Waals surface area contributed by atoms with Crippen LogP contribution in [0.1, 0.15) is 51.6 Å². The van der Waals surface area contributed by atoms with Gasteiger partial charge in [0.05, 0.1) is 6.54 Å². The van der Waals surface area contributed by atoms with Crippen molar-refractivity contribution in [2.75, 3.05) is 0 Å². The van der Waals surface area contributed by atoms with Crippen molar-refractivity contribution in [3.05, 3.63) is 54.0 Å². The van der Waals surface area contributed by atoms with Crippen molar-refractivity contribution in [3.8, 4) is 0 Å². The van der Waals surface area contributed by atoms with Gasteiger partial charge in [-0.2, -0.15) is 0 Å². The van der Waals surface area contributed by atoms with Gasteiger partial charge < -0.3 is 10.3 Å². The highest BCUT2D eigenvalue weighted by Crippen LogP contribution is 2.33.